The van der Waals surface area contributed by atoms with E-state index in [-0.39, 0.29) is 17.4 Å². The highest BCUT2D eigenvalue weighted by Crippen LogP contribution is 2.19. The van der Waals surface area contributed by atoms with Crippen LogP contribution in [0.4, 0.5) is 4.39 Å². The van der Waals surface area contributed by atoms with Crippen LogP contribution in [-0.2, 0) is 0 Å². The summed E-state index contributed by atoms with van der Waals surface area (Å²) in [4.78, 5) is 14.6. The van der Waals surface area contributed by atoms with Gasteiger partial charge in [-0.25, -0.2) is 4.39 Å². The lowest BCUT2D eigenvalue weighted by Crippen LogP contribution is -2.46. The number of hydrogen-bond donors (Lipinski definition) is 3. The van der Waals surface area contributed by atoms with Crippen LogP contribution in [0.2, 0.25) is 0 Å². The number of thiocarbonyl (C=S) groups is 1. The Bertz CT molecular complexity index is 545. The number of aromatic hydroxyl groups is 1. The van der Waals surface area contributed by atoms with Crippen LogP contribution in [0.3, 0.4) is 0 Å². The van der Waals surface area contributed by atoms with Crippen molar-refractivity contribution < 1.29 is 14.3 Å². The van der Waals surface area contributed by atoms with Gasteiger partial charge >= 0.3 is 0 Å². The Hall–Kier alpha value is -1.73. The number of carbonyl (C=O) groups is 1. The van der Waals surface area contributed by atoms with Gasteiger partial charge in [0.1, 0.15) is 11.6 Å². The number of phenols is 1. The van der Waals surface area contributed by atoms with E-state index in [0.717, 1.165) is 38.1 Å². The monoisotopic (exact) mass is 311 g/mol. The Morgan fingerprint density at radius 2 is 2.14 bits per heavy atom. The number of hydrogen-bond acceptors (Lipinski definition) is 4. The van der Waals surface area contributed by atoms with Crippen molar-refractivity contribution in [3.63, 3.8) is 0 Å². The molecule has 1 amide bonds. The van der Waals surface area contributed by atoms with Crippen LogP contribution in [-0.4, -0.2) is 46.6 Å². The van der Waals surface area contributed by atoms with Crippen molar-refractivity contribution in [3.05, 3.63) is 29.6 Å². The summed E-state index contributed by atoms with van der Waals surface area (Å²) in [5, 5.41) is 12.4. The summed E-state index contributed by atoms with van der Waals surface area (Å²) in [6.07, 6.45) is 1.54. The first-order valence-electron chi connectivity index (χ1n) is 6.75. The lowest BCUT2D eigenvalue weighted by atomic mass is 10.0. The van der Waals surface area contributed by atoms with Gasteiger partial charge < -0.3 is 16.2 Å². The van der Waals surface area contributed by atoms with Crippen molar-refractivity contribution in [2.24, 2.45) is 5.73 Å². The lowest BCUT2D eigenvalue weighted by Gasteiger charge is -2.32. The summed E-state index contributed by atoms with van der Waals surface area (Å²) in [5.74, 6) is -1.23. The lowest BCUT2D eigenvalue weighted by molar-refractivity contribution is 0.0911. The fourth-order valence-corrected chi connectivity index (χ4v) is 2.59. The Kier molecular flexibility index (Phi) is 5.08. The molecule has 5 nitrogen and oxygen atoms in total. The molecule has 0 spiro atoms. The van der Waals surface area contributed by atoms with E-state index in [1.807, 2.05) is 0 Å². The smallest absolute Gasteiger partial charge is 0.255 e. The average Bonchev–Trinajstić information content (AvgIpc) is 2.43. The Morgan fingerprint density at radius 1 is 1.48 bits per heavy atom. The molecule has 0 unspecified atom stereocenters. The zero-order chi connectivity index (χ0) is 15.4. The quantitative estimate of drug-likeness (QED) is 0.723. The fraction of sp³-hybridized carbons (Fsp3) is 0.429. The van der Waals surface area contributed by atoms with Gasteiger partial charge in [0.05, 0.1) is 10.6 Å². The number of nitrogens with two attached hydrogens (primary N) is 1. The Labute approximate surface area is 127 Å². The second kappa shape index (κ2) is 6.82. The second-order valence-corrected chi connectivity index (χ2v) is 5.68. The molecule has 0 aliphatic carbocycles. The molecule has 0 atom stereocenters. The number of carbonyl (C=O) groups excluding carboxylic acids is 1. The molecule has 0 bridgehead atoms. The summed E-state index contributed by atoms with van der Waals surface area (Å²) in [5.41, 5.74) is 5.46. The maximum Gasteiger partial charge on any atom is 0.255 e. The van der Waals surface area contributed by atoms with Gasteiger partial charge in [0.15, 0.2) is 0 Å². The highest BCUT2D eigenvalue weighted by molar-refractivity contribution is 7.80. The van der Waals surface area contributed by atoms with E-state index in [9.17, 15) is 14.3 Å². The molecule has 2 rings (SSSR count). The van der Waals surface area contributed by atoms with Gasteiger partial charge in [-0.3, -0.25) is 9.69 Å². The SMILES string of the molecule is NC(=S)CN1CCC(NC(=O)c2cc(F)ccc2O)CC1. The minimum absolute atomic E-state index is 0.00256. The standard InChI is InChI=1S/C14H18FN3O2S/c15-9-1-2-12(19)11(7-9)14(20)17-10-3-5-18(6-4-10)8-13(16)21/h1-2,7,10,19H,3-6,8H2,(H2,16,21)(H,17,20). The zero-order valence-electron chi connectivity index (χ0n) is 11.5. The molecule has 114 valence electrons. The van der Waals surface area contributed by atoms with Crippen LogP contribution >= 0.6 is 12.2 Å². The van der Waals surface area contributed by atoms with Gasteiger partial charge in [-0.1, -0.05) is 12.2 Å². The van der Waals surface area contributed by atoms with Gasteiger partial charge in [-0.15, -0.1) is 0 Å². The molecule has 0 radical (unpaired) electrons. The number of nitrogens with zero attached hydrogens (tertiary/aromatic N) is 1. The summed E-state index contributed by atoms with van der Waals surface area (Å²) >= 11 is 4.87. The number of benzene rings is 1. The van der Waals surface area contributed by atoms with Crippen LogP contribution in [0.5, 0.6) is 5.75 Å². The summed E-state index contributed by atoms with van der Waals surface area (Å²) < 4.78 is 13.1. The van der Waals surface area contributed by atoms with E-state index in [1.54, 1.807) is 0 Å². The zero-order valence-corrected chi connectivity index (χ0v) is 12.3. The van der Waals surface area contributed by atoms with Crippen molar-refractivity contribution in [1.29, 1.82) is 0 Å². The molecular formula is C14H18FN3O2S. The minimum Gasteiger partial charge on any atom is -0.507 e. The van der Waals surface area contributed by atoms with Crippen molar-refractivity contribution in [2.75, 3.05) is 19.6 Å². The van der Waals surface area contributed by atoms with Crippen LogP contribution in [0.15, 0.2) is 18.2 Å². The van der Waals surface area contributed by atoms with Crippen molar-refractivity contribution in [2.45, 2.75) is 18.9 Å². The predicted molar refractivity (Wildman–Crippen MR) is 81.8 cm³/mol. The van der Waals surface area contributed by atoms with E-state index in [2.05, 4.69) is 10.2 Å². The third-order valence-corrected chi connectivity index (χ3v) is 3.63. The minimum atomic E-state index is -0.552. The van der Waals surface area contributed by atoms with Gasteiger partial charge in [-0.2, -0.15) is 0 Å². The number of phenolic OH excluding ortho intramolecular Hbond substituents is 1. The maximum absolute atomic E-state index is 13.1. The number of rotatable bonds is 4. The Balaban J connectivity index is 1.90. The summed E-state index contributed by atoms with van der Waals surface area (Å²) in [6.45, 7) is 2.16. The second-order valence-electron chi connectivity index (χ2n) is 5.15. The van der Waals surface area contributed by atoms with Crippen molar-refractivity contribution in [3.8, 4) is 5.75 Å². The van der Waals surface area contributed by atoms with Crippen LogP contribution < -0.4 is 11.1 Å². The van der Waals surface area contributed by atoms with Gasteiger partial charge in [-0.05, 0) is 31.0 Å². The molecule has 1 aromatic carbocycles. The third-order valence-electron chi connectivity index (χ3n) is 3.51. The predicted octanol–water partition coefficient (Wildman–Crippen LogP) is 1.01. The van der Waals surface area contributed by atoms with E-state index >= 15 is 0 Å². The first-order chi connectivity index (χ1) is 9.95. The summed E-state index contributed by atoms with van der Waals surface area (Å²) in [6, 6.07) is 3.32. The number of likely N-dealkylation sites (tertiary alicyclic amines) is 1. The van der Waals surface area contributed by atoms with E-state index < -0.39 is 11.7 Å². The largest absolute Gasteiger partial charge is 0.507 e. The average molecular weight is 311 g/mol. The molecule has 1 aliphatic heterocycles. The highest BCUT2D eigenvalue weighted by Gasteiger charge is 2.22. The van der Waals surface area contributed by atoms with E-state index in [4.69, 9.17) is 18.0 Å². The van der Waals surface area contributed by atoms with Crippen molar-refractivity contribution in [1.82, 2.24) is 10.2 Å². The maximum atomic E-state index is 13.1. The summed E-state index contributed by atoms with van der Waals surface area (Å²) in [7, 11) is 0. The molecular weight excluding hydrogens is 293 g/mol. The third kappa shape index (κ3) is 4.37. The number of nitrogens with one attached hydrogen (secondary N) is 1. The molecule has 0 aromatic heterocycles. The molecule has 1 aromatic rings. The van der Waals surface area contributed by atoms with Gasteiger partial charge in [0, 0.05) is 25.7 Å². The fourth-order valence-electron chi connectivity index (χ4n) is 2.41. The van der Waals surface area contributed by atoms with Crippen LogP contribution in [0, 0.1) is 5.82 Å². The van der Waals surface area contributed by atoms with Crippen LogP contribution in [0.1, 0.15) is 23.2 Å². The first kappa shape index (κ1) is 15.7. The molecule has 1 fully saturated rings. The molecule has 21 heavy (non-hydrogen) atoms. The van der Waals surface area contributed by atoms with Gasteiger partial charge in [0.2, 0.25) is 0 Å². The molecule has 0 saturated carbocycles. The van der Waals surface area contributed by atoms with E-state index in [0.29, 0.717) is 11.5 Å². The molecule has 1 saturated heterocycles. The topological polar surface area (TPSA) is 78.6 Å². The van der Waals surface area contributed by atoms with Gasteiger partial charge in [0.25, 0.3) is 5.91 Å². The normalized spacial score (nSPS) is 16.6. The molecule has 7 heteroatoms. The first-order valence-corrected chi connectivity index (χ1v) is 7.16. The molecule has 1 heterocycles. The van der Waals surface area contributed by atoms with Crippen LogP contribution in [0.25, 0.3) is 0 Å². The number of amides is 1. The number of piperidine rings is 1. The number of halogens is 1. The molecule has 1 aliphatic rings. The van der Waals surface area contributed by atoms with Crippen molar-refractivity contribution >= 4 is 23.1 Å². The Morgan fingerprint density at radius 3 is 2.76 bits per heavy atom. The highest BCUT2D eigenvalue weighted by atomic mass is 32.1. The van der Waals surface area contributed by atoms with E-state index in [1.165, 1.54) is 6.07 Å². The molecule has 4 N–H and O–H groups in total.